The first-order valence-electron chi connectivity index (χ1n) is 15.7. The molecule has 0 aromatic heterocycles. The summed E-state index contributed by atoms with van der Waals surface area (Å²) in [6, 6.07) is 11.5. The van der Waals surface area contributed by atoms with E-state index in [4.69, 9.17) is 32.7 Å². The number of hydrogen-bond donors (Lipinski definition) is 1. The lowest BCUT2D eigenvalue weighted by Crippen LogP contribution is -2.66. The summed E-state index contributed by atoms with van der Waals surface area (Å²) in [5.74, 6) is -0.233. The number of aliphatic hydroxyl groups is 1. The Kier molecular flexibility index (Phi) is 9.69. The first-order valence-corrected chi connectivity index (χ1v) is 16.5. The highest BCUT2D eigenvalue weighted by Crippen LogP contribution is 2.42. The van der Waals surface area contributed by atoms with Gasteiger partial charge in [0.15, 0.2) is 0 Å². The molecule has 11 heteroatoms. The van der Waals surface area contributed by atoms with Gasteiger partial charge < -0.3 is 24.4 Å². The number of fused-ring (bicyclic) bond motifs is 2. The molecule has 9 nitrogen and oxygen atoms in total. The minimum atomic E-state index is -0.800. The Bertz CT molecular complexity index is 1520. The zero-order chi connectivity index (χ0) is 33.6. The molecule has 1 aliphatic carbocycles. The van der Waals surface area contributed by atoms with E-state index < -0.39 is 35.5 Å². The van der Waals surface area contributed by atoms with Gasteiger partial charge >= 0.3 is 12.2 Å². The monoisotopic (exact) mass is 671 g/mol. The van der Waals surface area contributed by atoms with Gasteiger partial charge in [0.05, 0.1) is 28.7 Å². The van der Waals surface area contributed by atoms with Crippen molar-refractivity contribution in [2.24, 2.45) is 0 Å². The van der Waals surface area contributed by atoms with Crippen molar-refractivity contribution in [1.82, 2.24) is 14.7 Å². The molecule has 0 radical (unpaired) electrons. The Labute approximate surface area is 281 Å². The van der Waals surface area contributed by atoms with Crippen LogP contribution < -0.4 is 0 Å². The van der Waals surface area contributed by atoms with Gasteiger partial charge in [-0.1, -0.05) is 59.6 Å². The van der Waals surface area contributed by atoms with E-state index >= 15 is 0 Å². The molecular formula is C35H43Cl2N3O6. The third-order valence-corrected chi connectivity index (χ3v) is 9.10. The number of halogens is 2. The second-order valence-electron chi connectivity index (χ2n) is 14.3. The van der Waals surface area contributed by atoms with Gasteiger partial charge in [-0.3, -0.25) is 9.69 Å². The van der Waals surface area contributed by atoms with Crippen LogP contribution in [0.25, 0.3) is 5.57 Å². The van der Waals surface area contributed by atoms with E-state index in [1.54, 1.807) is 57.4 Å². The number of carbonyl (C=O) groups is 3. The van der Waals surface area contributed by atoms with Crippen LogP contribution in [0, 0.1) is 0 Å². The summed E-state index contributed by atoms with van der Waals surface area (Å²) in [7, 11) is 0. The smallest absolute Gasteiger partial charge is 0.411 e. The van der Waals surface area contributed by atoms with Crippen LogP contribution in [-0.2, 0) is 27.4 Å². The van der Waals surface area contributed by atoms with Crippen molar-refractivity contribution in [1.29, 1.82) is 0 Å². The summed E-state index contributed by atoms with van der Waals surface area (Å²) in [4.78, 5) is 47.3. The Morgan fingerprint density at radius 2 is 1.54 bits per heavy atom. The first-order chi connectivity index (χ1) is 21.6. The van der Waals surface area contributed by atoms with Gasteiger partial charge in [0.1, 0.15) is 11.2 Å². The fourth-order valence-electron chi connectivity index (χ4n) is 6.09. The van der Waals surface area contributed by atoms with Gasteiger partial charge in [-0.05, 0) is 89.1 Å². The topological polar surface area (TPSA) is 99.6 Å². The second-order valence-corrected chi connectivity index (χ2v) is 15.1. The van der Waals surface area contributed by atoms with Gasteiger partial charge in [0.2, 0.25) is 0 Å². The Morgan fingerprint density at radius 3 is 2.13 bits per heavy atom. The van der Waals surface area contributed by atoms with Crippen molar-refractivity contribution in [3.8, 4) is 0 Å². The lowest BCUT2D eigenvalue weighted by Gasteiger charge is -2.51. The van der Waals surface area contributed by atoms with Crippen LogP contribution in [0.5, 0.6) is 0 Å². The maximum absolute atomic E-state index is 15.0. The molecule has 2 aromatic carbocycles. The molecule has 248 valence electrons. The maximum atomic E-state index is 15.0. The van der Waals surface area contributed by atoms with Crippen LogP contribution in [-0.4, -0.2) is 80.3 Å². The molecule has 3 amide bonds. The highest BCUT2D eigenvalue weighted by Gasteiger charge is 2.50. The standard InChI is InChI=1S/C35H43Cl2N3O6/c1-34(2,3)45-32(43)38-18-25-16-26(22-12-10-21(20-41)11-13-22)29(28(19-38)40(25)33(44)46-35(4,5)6)31(42)39(24-14-15-24)17-23-8-7-9-27(36)30(23)37/h7-13,24-25,28,41H,14-20H2,1-6H3. The van der Waals surface area contributed by atoms with E-state index in [1.807, 2.05) is 41.3 Å². The minimum absolute atomic E-state index is 0.00804. The van der Waals surface area contributed by atoms with Crippen LogP contribution in [0.15, 0.2) is 48.0 Å². The maximum Gasteiger partial charge on any atom is 0.411 e. The fraction of sp³-hybridized carbons (Fsp3) is 0.514. The third-order valence-electron chi connectivity index (χ3n) is 8.24. The molecule has 46 heavy (non-hydrogen) atoms. The molecular weight excluding hydrogens is 629 g/mol. The van der Waals surface area contributed by atoms with E-state index in [-0.39, 0.29) is 38.2 Å². The first kappa shape index (κ1) is 34.1. The molecule has 2 aromatic rings. The summed E-state index contributed by atoms with van der Waals surface area (Å²) in [5, 5.41) is 10.5. The quantitative estimate of drug-likeness (QED) is 0.353. The molecule has 2 heterocycles. The average Bonchev–Trinajstić information content (AvgIpc) is 3.80. The van der Waals surface area contributed by atoms with Crippen molar-refractivity contribution in [3.05, 3.63) is 74.8 Å². The zero-order valence-corrected chi connectivity index (χ0v) is 28.8. The molecule has 1 N–H and O–H groups in total. The minimum Gasteiger partial charge on any atom is -0.444 e. The molecule has 2 atom stereocenters. The van der Waals surface area contributed by atoms with Crippen LogP contribution in [0.4, 0.5) is 9.59 Å². The number of amides is 3. The molecule has 2 aliphatic heterocycles. The number of nitrogens with zero attached hydrogens (tertiary/aromatic N) is 3. The number of hydrogen-bond acceptors (Lipinski definition) is 6. The van der Waals surface area contributed by atoms with Gasteiger partial charge in [-0.15, -0.1) is 0 Å². The summed E-state index contributed by atoms with van der Waals surface area (Å²) in [6.45, 7) is 11.2. The lowest BCUT2D eigenvalue weighted by atomic mass is 9.81. The second kappa shape index (κ2) is 13.1. The molecule has 0 spiro atoms. The number of carbonyl (C=O) groups excluding carboxylic acids is 3. The van der Waals surface area contributed by atoms with E-state index in [1.165, 1.54) is 0 Å². The average molecular weight is 673 g/mol. The number of aliphatic hydroxyl groups excluding tert-OH is 1. The molecule has 2 fully saturated rings. The molecule has 1 saturated carbocycles. The van der Waals surface area contributed by atoms with Crippen molar-refractivity contribution in [3.63, 3.8) is 0 Å². The van der Waals surface area contributed by atoms with E-state index in [2.05, 4.69) is 0 Å². The van der Waals surface area contributed by atoms with Gasteiger partial charge in [0.25, 0.3) is 5.91 Å². The van der Waals surface area contributed by atoms with Gasteiger partial charge in [0, 0.05) is 31.2 Å². The van der Waals surface area contributed by atoms with E-state index in [9.17, 15) is 19.5 Å². The third kappa shape index (κ3) is 7.64. The SMILES string of the molecule is CC(C)(C)OC(=O)N1CC2CC(c3ccc(CO)cc3)=C(C(=O)N(Cc3cccc(Cl)c3Cl)C3CC3)C(C1)N2C(=O)OC(C)(C)C. The lowest BCUT2D eigenvalue weighted by molar-refractivity contribution is -0.129. The zero-order valence-electron chi connectivity index (χ0n) is 27.3. The number of ether oxygens (including phenoxy) is 2. The van der Waals surface area contributed by atoms with E-state index in [0.717, 1.165) is 35.1 Å². The van der Waals surface area contributed by atoms with Gasteiger partial charge in [-0.25, -0.2) is 9.59 Å². The molecule has 3 aliphatic rings. The molecule has 2 unspecified atom stereocenters. The largest absolute Gasteiger partial charge is 0.444 e. The Morgan fingerprint density at radius 1 is 0.913 bits per heavy atom. The highest BCUT2D eigenvalue weighted by molar-refractivity contribution is 6.42. The molecule has 1 saturated heterocycles. The summed E-state index contributed by atoms with van der Waals surface area (Å²) >= 11 is 12.9. The number of benzene rings is 2. The summed E-state index contributed by atoms with van der Waals surface area (Å²) < 4.78 is 11.6. The normalized spacial score (nSPS) is 20.0. The van der Waals surface area contributed by atoms with Crippen molar-refractivity contribution in [2.45, 2.75) is 103 Å². The van der Waals surface area contributed by atoms with E-state index in [0.29, 0.717) is 22.0 Å². The Hall–Kier alpha value is -3.27. The van der Waals surface area contributed by atoms with Crippen LogP contribution >= 0.6 is 23.2 Å². The van der Waals surface area contributed by atoms with Crippen molar-refractivity contribution in [2.75, 3.05) is 13.1 Å². The number of piperazine rings is 1. The highest BCUT2D eigenvalue weighted by atomic mass is 35.5. The van der Waals surface area contributed by atoms with Crippen LogP contribution in [0.3, 0.4) is 0 Å². The Balaban J connectivity index is 1.64. The summed E-state index contributed by atoms with van der Waals surface area (Å²) in [6.07, 6.45) is 0.946. The number of rotatable bonds is 6. The fourth-order valence-corrected chi connectivity index (χ4v) is 6.47. The van der Waals surface area contributed by atoms with Gasteiger partial charge in [-0.2, -0.15) is 0 Å². The van der Waals surface area contributed by atoms with Crippen LogP contribution in [0.1, 0.15) is 77.5 Å². The van der Waals surface area contributed by atoms with Crippen LogP contribution in [0.2, 0.25) is 10.0 Å². The molecule has 5 rings (SSSR count). The predicted octanol–water partition coefficient (Wildman–Crippen LogP) is 7.06. The molecule has 2 bridgehead atoms. The summed E-state index contributed by atoms with van der Waals surface area (Å²) in [5.41, 5.74) is 2.03. The van der Waals surface area contributed by atoms with Crippen molar-refractivity contribution < 1.29 is 29.0 Å². The van der Waals surface area contributed by atoms with Crippen molar-refractivity contribution >= 4 is 46.9 Å². The predicted molar refractivity (Wildman–Crippen MR) is 177 cm³/mol.